The molecule has 1 aliphatic rings. The van der Waals surface area contributed by atoms with E-state index in [9.17, 15) is 27.4 Å². The van der Waals surface area contributed by atoms with Crippen molar-refractivity contribution in [3.05, 3.63) is 94.0 Å². The van der Waals surface area contributed by atoms with Crippen LogP contribution in [0.5, 0.6) is 0 Å². The van der Waals surface area contributed by atoms with Crippen LogP contribution in [0.3, 0.4) is 0 Å². The summed E-state index contributed by atoms with van der Waals surface area (Å²) in [4.78, 5) is 1.92. The number of aliphatic hydroxyl groups excluding tert-OH is 1. The SMILES string of the molecule is O=S(=O)(Cc1cc(F)cc(F)c1)CC1(O)CN(Cc2ccc(CO)cc2-c2ccc(Cl)cc2)C1. The van der Waals surface area contributed by atoms with Gasteiger partial charge in [0, 0.05) is 30.7 Å². The Balaban J connectivity index is 1.44. The first kappa shape index (κ1) is 24.8. The molecule has 0 bridgehead atoms. The average Bonchev–Trinajstić information content (AvgIpc) is 2.72. The summed E-state index contributed by atoms with van der Waals surface area (Å²) in [5, 5.41) is 20.9. The van der Waals surface area contributed by atoms with Gasteiger partial charge in [-0.05, 0) is 58.1 Å². The van der Waals surface area contributed by atoms with Gasteiger partial charge in [-0.15, -0.1) is 0 Å². The summed E-state index contributed by atoms with van der Waals surface area (Å²) in [6, 6.07) is 15.6. The smallest absolute Gasteiger partial charge is 0.157 e. The standard InChI is InChI=1S/C25H24ClF2NO4S/c26-21-5-3-19(4-6-21)24-9-17(12-30)1-2-20(24)11-29-14-25(31,15-29)16-34(32,33)13-18-7-22(27)10-23(28)8-18/h1-10,30-31H,11-16H2. The highest BCUT2D eigenvalue weighted by atomic mass is 35.5. The van der Waals surface area contributed by atoms with Gasteiger partial charge >= 0.3 is 0 Å². The van der Waals surface area contributed by atoms with Crippen molar-refractivity contribution in [2.24, 2.45) is 0 Å². The highest BCUT2D eigenvalue weighted by Gasteiger charge is 2.44. The summed E-state index contributed by atoms with van der Waals surface area (Å²) >= 11 is 6.00. The molecule has 0 saturated carbocycles. The van der Waals surface area contributed by atoms with Crippen LogP contribution in [0.2, 0.25) is 5.02 Å². The number of likely N-dealkylation sites (tertiary alicyclic amines) is 1. The molecule has 0 aromatic heterocycles. The molecule has 5 nitrogen and oxygen atoms in total. The van der Waals surface area contributed by atoms with Crippen LogP contribution in [0.25, 0.3) is 11.1 Å². The van der Waals surface area contributed by atoms with Crippen molar-refractivity contribution in [3.63, 3.8) is 0 Å². The Morgan fingerprint density at radius 1 is 0.941 bits per heavy atom. The number of halogens is 3. The van der Waals surface area contributed by atoms with Gasteiger partial charge in [-0.1, -0.05) is 35.9 Å². The van der Waals surface area contributed by atoms with Crippen molar-refractivity contribution >= 4 is 21.4 Å². The minimum Gasteiger partial charge on any atom is -0.392 e. The van der Waals surface area contributed by atoms with Crippen LogP contribution in [-0.2, 0) is 28.7 Å². The second-order valence-corrected chi connectivity index (χ2v) is 11.3. The summed E-state index contributed by atoms with van der Waals surface area (Å²) in [5.74, 6) is -2.74. The highest BCUT2D eigenvalue weighted by molar-refractivity contribution is 7.90. The Morgan fingerprint density at radius 3 is 2.21 bits per heavy atom. The summed E-state index contributed by atoms with van der Waals surface area (Å²) in [5.41, 5.74) is 2.13. The van der Waals surface area contributed by atoms with Crippen molar-refractivity contribution in [3.8, 4) is 11.1 Å². The molecule has 180 valence electrons. The Bertz CT molecular complexity index is 1270. The minimum atomic E-state index is -3.80. The molecular formula is C25H24ClF2NO4S. The maximum absolute atomic E-state index is 13.4. The minimum absolute atomic E-state index is 0.00820. The number of aliphatic hydroxyl groups is 2. The van der Waals surface area contributed by atoms with Crippen molar-refractivity contribution in [2.75, 3.05) is 18.8 Å². The van der Waals surface area contributed by atoms with Gasteiger partial charge in [0.15, 0.2) is 9.84 Å². The van der Waals surface area contributed by atoms with E-state index in [1.54, 1.807) is 12.1 Å². The molecular weight excluding hydrogens is 484 g/mol. The molecule has 0 atom stereocenters. The molecule has 3 aromatic carbocycles. The van der Waals surface area contributed by atoms with Crippen molar-refractivity contribution in [1.29, 1.82) is 0 Å². The molecule has 0 unspecified atom stereocenters. The van der Waals surface area contributed by atoms with Crippen LogP contribution >= 0.6 is 11.6 Å². The van der Waals surface area contributed by atoms with Crippen LogP contribution in [-0.4, -0.2) is 48.0 Å². The van der Waals surface area contributed by atoms with Gasteiger partial charge in [0.25, 0.3) is 0 Å². The van der Waals surface area contributed by atoms with E-state index in [-0.39, 0.29) is 25.3 Å². The first-order valence-corrected chi connectivity index (χ1v) is 12.8. The molecule has 2 N–H and O–H groups in total. The van der Waals surface area contributed by atoms with Gasteiger partial charge in [-0.2, -0.15) is 0 Å². The number of nitrogens with zero attached hydrogens (tertiary/aromatic N) is 1. The molecule has 1 saturated heterocycles. The van der Waals surface area contributed by atoms with Crippen LogP contribution in [0.1, 0.15) is 16.7 Å². The third-order valence-electron chi connectivity index (χ3n) is 5.74. The summed E-state index contributed by atoms with van der Waals surface area (Å²) in [6.07, 6.45) is 0. The molecule has 0 aliphatic carbocycles. The quantitative estimate of drug-likeness (QED) is 0.483. The first-order valence-electron chi connectivity index (χ1n) is 10.6. The lowest BCUT2D eigenvalue weighted by molar-refractivity contribution is -0.0843. The predicted octanol–water partition coefficient (Wildman–Crippen LogP) is 3.94. The van der Waals surface area contributed by atoms with Crippen LogP contribution < -0.4 is 0 Å². The molecule has 0 radical (unpaired) electrons. The largest absolute Gasteiger partial charge is 0.392 e. The summed E-state index contributed by atoms with van der Waals surface area (Å²) in [7, 11) is -3.80. The van der Waals surface area contributed by atoms with Gasteiger partial charge in [0.1, 0.15) is 17.2 Å². The highest BCUT2D eigenvalue weighted by Crippen LogP contribution is 2.31. The van der Waals surface area contributed by atoms with Crippen LogP contribution in [0.4, 0.5) is 8.78 Å². The normalized spacial score (nSPS) is 15.8. The molecule has 1 heterocycles. The third-order valence-corrected chi connectivity index (χ3v) is 7.74. The zero-order valence-electron chi connectivity index (χ0n) is 18.2. The molecule has 4 rings (SSSR count). The first-order chi connectivity index (χ1) is 16.0. The monoisotopic (exact) mass is 507 g/mol. The van der Waals surface area contributed by atoms with E-state index in [1.807, 2.05) is 35.2 Å². The lowest BCUT2D eigenvalue weighted by Crippen LogP contribution is -2.64. The Hall–Kier alpha value is -2.36. The van der Waals surface area contributed by atoms with Gasteiger partial charge in [-0.3, -0.25) is 4.90 Å². The van der Waals surface area contributed by atoms with Gasteiger partial charge in [0.05, 0.1) is 18.1 Å². The average molecular weight is 508 g/mol. The van der Waals surface area contributed by atoms with Gasteiger partial charge in [-0.25, -0.2) is 17.2 Å². The lowest BCUT2D eigenvalue weighted by Gasteiger charge is -2.46. The molecule has 0 amide bonds. The zero-order valence-corrected chi connectivity index (χ0v) is 19.8. The molecule has 3 aromatic rings. The van der Waals surface area contributed by atoms with E-state index in [2.05, 4.69) is 0 Å². The fourth-order valence-electron chi connectivity index (χ4n) is 4.40. The maximum atomic E-state index is 13.4. The fraction of sp³-hybridized carbons (Fsp3) is 0.280. The molecule has 34 heavy (non-hydrogen) atoms. The van der Waals surface area contributed by atoms with Gasteiger partial charge < -0.3 is 10.2 Å². The van der Waals surface area contributed by atoms with E-state index < -0.39 is 38.6 Å². The van der Waals surface area contributed by atoms with E-state index >= 15 is 0 Å². The number of benzene rings is 3. The zero-order chi connectivity index (χ0) is 24.5. The Morgan fingerprint density at radius 2 is 1.59 bits per heavy atom. The third kappa shape index (κ3) is 6.00. The van der Waals surface area contributed by atoms with Crippen molar-refractivity contribution in [2.45, 2.75) is 24.5 Å². The summed E-state index contributed by atoms with van der Waals surface area (Å²) < 4.78 is 51.9. The van der Waals surface area contributed by atoms with E-state index in [0.29, 0.717) is 17.6 Å². The van der Waals surface area contributed by atoms with E-state index in [0.717, 1.165) is 34.4 Å². The van der Waals surface area contributed by atoms with E-state index in [4.69, 9.17) is 11.6 Å². The lowest BCUT2D eigenvalue weighted by atomic mass is 9.93. The molecule has 1 aliphatic heterocycles. The van der Waals surface area contributed by atoms with Crippen LogP contribution in [0.15, 0.2) is 60.7 Å². The van der Waals surface area contributed by atoms with Crippen LogP contribution in [0, 0.1) is 11.6 Å². The predicted molar refractivity (Wildman–Crippen MR) is 127 cm³/mol. The summed E-state index contributed by atoms with van der Waals surface area (Å²) in [6.45, 7) is 0.662. The number of sulfone groups is 1. The Kier molecular flexibility index (Phi) is 7.07. The van der Waals surface area contributed by atoms with Gasteiger partial charge in [0.2, 0.25) is 0 Å². The topological polar surface area (TPSA) is 77.8 Å². The second kappa shape index (κ2) is 9.71. The molecule has 0 spiro atoms. The number of hydrogen-bond acceptors (Lipinski definition) is 5. The molecule has 1 fully saturated rings. The van der Waals surface area contributed by atoms with Crippen molar-refractivity contribution in [1.82, 2.24) is 4.90 Å². The van der Waals surface area contributed by atoms with E-state index in [1.165, 1.54) is 0 Å². The second-order valence-electron chi connectivity index (χ2n) is 8.84. The Labute approximate surface area is 202 Å². The number of β-amino-alcohol motifs (C(OH)–C–C–N with tert-alkyl or cyclic N) is 1. The molecule has 9 heteroatoms. The fourth-order valence-corrected chi connectivity index (χ4v) is 6.30. The number of hydrogen-bond donors (Lipinski definition) is 2. The maximum Gasteiger partial charge on any atom is 0.157 e. The number of rotatable bonds is 8. The van der Waals surface area contributed by atoms with Crippen molar-refractivity contribution < 1.29 is 27.4 Å².